The van der Waals surface area contributed by atoms with Crippen LogP contribution in [-0.2, 0) is 0 Å². The first-order chi connectivity index (χ1) is 9.56. The molecule has 20 heavy (non-hydrogen) atoms. The Balaban J connectivity index is 1.97. The number of nitrogens with one attached hydrogen (secondary N) is 1. The molecule has 3 unspecified atom stereocenters. The lowest BCUT2D eigenvalue weighted by atomic mass is 9.80. The molecule has 0 radical (unpaired) electrons. The van der Waals surface area contributed by atoms with Crippen molar-refractivity contribution >= 4 is 5.69 Å². The highest BCUT2D eigenvalue weighted by molar-refractivity contribution is 5.49. The molecule has 0 aliphatic heterocycles. The van der Waals surface area contributed by atoms with Crippen LogP contribution in [0.15, 0.2) is 24.3 Å². The van der Waals surface area contributed by atoms with Crippen molar-refractivity contribution in [1.82, 2.24) is 0 Å². The van der Waals surface area contributed by atoms with E-state index in [1.54, 1.807) is 0 Å². The number of hydrogen-bond acceptors (Lipinski definition) is 2. The molecular formula is C18H29NO. The summed E-state index contributed by atoms with van der Waals surface area (Å²) in [5, 5.41) is 3.69. The van der Waals surface area contributed by atoms with E-state index in [2.05, 4.69) is 51.2 Å². The molecule has 1 aliphatic rings. The Bertz CT molecular complexity index is 408. The molecule has 1 fully saturated rings. The fraction of sp³-hybridized carbons (Fsp3) is 0.667. The Hall–Kier alpha value is -1.18. The third kappa shape index (κ3) is 4.43. The minimum atomic E-state index is 0.278. The molecule has 0 aromatic heterocycles. The first-order valence-electron chi connectivity index (χ1n) is 8.10. The molecule has 1 aromatic carbocycles. The summed E-state index contributed by atoms with van der Waals surface area (Å²) in [4.78, 5) is 0. The van der Waals surface area contributed by atoms with Gasteiger partial charge >= 0.3 is 0 Å². The average molecular weight is 275 g/mol. The van der Waals surface area contributed by atoms with Crippen LogP contribution in [0.5, 0.6) is 5.75 Å². The first kappa shape index (κ1) is 15.2. The molecule has 3 atom stereocenters. The van der Waals surface area contributed by atoms with Crippen LogP contribution in [0.2, 0.25) is 0 Å². The standard InChI is InChI=1S/C18H29NO/c1-5-15(4)20-18-8-6-7-16(12-18)19-17-10-13(2)9-14(3)11-17/h6-8,12-15,17,19H,5,9-11H2,1-4H3. The van der Waals surface area contributed by atoms with Gasteiger partial charge in [0.25, 0.3) is 0 Å². The molecule has 112 valence electrons. The summed E-state index contributed by atoms with van der Waals surface area (Å²) in [7, 11) is 0. The van der Waals surface area contributed by atoms with Gasteiger partial charge in [0.05, 0.1) is 6.10 Å². The largest absolute Gasteiger partial charge is 0.491 e. The summed E-state index contributed by atoms with van der Waals surface area (Å²) < 4.78 is 5.90. The Morgan fingerprint density at radius 2 is 1.90 bits per heavy atom. The average Bonchev–Trinajstić information content (AvgIpc) is 2.37. The normalized spacial score (nSPS) is 27.9. The van der Waals surface area contributed by atoms with Gasteiger partial charge in [0.2, 0.25) is 0 Å². The van der Waals surface area contributed by atoms with E-state index in [-0.39, 0.29) is 6.10 Å². The smallest absolute Gasteiger partial charge is 0.121 e. The van der Waals surface area contributed by atoms with Crippen LogP contribution in [0.4, 0.5) is 5.69 Å². The number of anilines is 1. The van der Waals surface area contributed by atoms with E-state index in [0.29, 0.717) is 6.04 Å². The Morgan fingerprint density at radius 3 is 2.55 bits per heavy atom. The van der Waals surface area contributed by atoms with Gasteiger partial charge in [-0.3, -0.25) is 0 Å². The van der Waals surface area contributed by atoms with Crippen molar-refractivity contribution in [3.8, 4) is 5.75 Å². The molecule has 1 saturated carbocycles. The van der Waals surface area contributed by atoms with Gasteiger partial charge in [0, 0.05) is 17.8 Å². The zero-order valence-electron chi connectivity index (χ0n) is 13.4. The Labute approximate surface area is 123 Å². The van der Waals surface area contributed by atoms with E-state index in [1.165, 1.54) is 24.9 Å². The van der Waals surface area contributed by atoms with Crippen molar-refractivity contribution in [3.05, 3.63) is 24.3 Å². The number of rotatable bonds is 5. The highest BCUT2D eigenvalue weighted by Crippen LogP contribution is 2.31. The van der Waals surface area contributed by atoms with Crippen LogP contribution < -0.4 is 10.1 Å². The van der Waals surface area contributed by atoms with Crippen LogP contribution in [0.3, 0.4) is 0 Å². The lowest BCUT2D eigenvalue weighted by molar-refractivity contribution is 0.217. The minimum Gasteiger partial charge on any atom is -0.491 e. The molecule has 0 amide bonds. The van der Waals surface area contributed by atoms with Crippen molar-refractivity contribution in [2.45, 2.75) is 65.5 Å². The van der Waals surface area contributed by atoms with E-state index >= 15 is 0 Å². The maximum atomic E-state index is 5.90. The predicted octanol–water partition coefficient (Wildman–Crippen LogP) is 5.10. The lowest BCUT2D eigenvalue weighted by Crippen LogP contribution is -2.30. The summed E-state index contributed by atoms with van der Waals surface area (Å²) in [5.74, 6) is 2.63. The van der Waals surface area contributed by atoms with Gasteiger partial charge in [-0.1, -0.05) is 26.8 Å². The van der Waals surface area contributed by atoms with Crippen LogP contribution in [0.1, 0.15) is 53.4 Å². The van der Waals surface area contributed by atoms with E-state index in [4.69, 9.17) is 4.74 Å². The summed E-state index contributed by atoms with van der Waals surface area (Å²) >= 11 is 0. The molecule has 0 spiro atoms. The quantitative estimate of drug-likeness (QED) is 0.807. The third-order valence-corrected chi connectivity index (χ3v) is 4.30. The Kier molecular flexibility index (Phi) is 5.33. The molecule has 2 nitrogen and oxygen atoms in total. The fourth-order valence-corrected chi connectivity index (χ4v) is 3.28. The van der Waals surface area contributed by atoms with Crippen molar-refractivity contribution in [2.75, 3.05) is 5.32 Å². The second-order valence-electron chi connectivity index (χ2n) is 6.62. The molecular weight excluding hydrogens is 246 g/mol. The van der Waals surface area contributed by atoms with Gasteiger partial charge < -0.3 is 10.1 Å². The topological polar surface area (TPSA) is 21.3 Å². The van der Waals surface area contributed by atoms with Crippen molar-refractivity contribution in [1.29, 1.82) is 0 Å². The van der Waals surface area contributed by atoms with Crippen LogP contribution in [0, 0.1) is 11.8 Å². The van der Waals surface area contributed by atoms with Gasteiger partial charge in [0.15, 0.2) is 0 Å². The zero-order valence-corrected chi connectivity index (χ0v) is 13.4. The van der Waals surface area contributed by atoms with Crippen LogP contribution in [-0.4, -0.2) is 12.1 Å². The van der Waals surface area contributed by atoms with Gasteiger partial charge in [-0.05, 0) is 56.6 Å². The number of ether oxygens (including phenoxy) is 1. The molecule has 1 N–H and O–H groups in total. The number of benzene rings is 1. The molecule has 1 aliphatic carbocycles. The van der Waals surface area contributed by atoms with Gasteiger partial charge in [-0.25, -0.2) is 0 Å². The maximum Gasteiger partial charge on any atom is 0.121 e. The SMILES string of the molecule is CCC(C)Oc1cccc(NC2CC(C)CC(C)C2)c1. The van der Waals surface area contributed by atoms with Crippen LogP contribution in [0.25, 0.3) is 0 Å². The summed E-state index contributed by atoms with van der Waals surface area (Å²) in [6, 6.07) is 9.01. The maximum absolute atomic E-state index is 5.90. The van der Waals surface area contributed by atoms with Crippen LogP contribution >= 0.6 is 0 Å². The summed E-state index contributed by atoms with van der Waals surface area (Å²) in [5.41, 5.74) is 1.19. The van der Waals surface area contributed by atoms with Crippen molar-refractivity contribution < 1.29 is 4.74 Å². The fourth-order valence-electron chi connectivity index (χ4n) is 3.28. The van der Waals surface area contributed by atoms with E-state index in [1.807, 2.05) is 6.07 Å². The highest BCUT2D eigenvalue weighted by atomic mass is 16.5. The summed E-state index contributed by atoms with van der Waals surface area (Å²) in [6.07, 6.45) is 5.24. The zero-order chi connectivity index (χ0) is 14.5. The van der Waals surface area contributed by atoms with Gasteiger partial charge in [-0.2, -0.15) is 0 Å². The summed E-state index contributed by atoms with van der Waals surface area (Å²) in [6.45, 7) is 9.00. The Morgan fingerprint density at radius 1 is 1.20 bits per heavy atom. The molecule has 0 heterocycles. The van der Waals surface area contributed by atoms with E-state index < -0.39 is 0 Å². The molecule has 2 heteroatoms. The number of hydrogen-bond donors (Lipinski definition) is 1. The molecule has 2 rings (SSSR count). The highest BCUT2D eigenvalue weighted by Gasteiger charge is 2.23. The molecule has 0 saturated heterocycles. The van der Waals surface area contributed by atoms with E-state index in [9.17, 15) is 0 Å². The predicted molar refractivity (Wildman–Crippen MR) is 86.4 cm³/mol. The first-order valence-corrected chi connectivity index (χ1v) is 8.10. The second-order valence-corrected chi connectivity index (χ2v) is 6.62. The van der Waals surface area contributed by atoms with Crippen molar-refractivity contribution in [2.24, 2.45) is 11.8 Å². The monoisotopic (exact) mass is 275 g/mol. The van der Waals surface area contributed by atoms with Crippen molar-refractivity contribution in [3.63, 3.8) is 0 Å². The van der Waals surface area contributed by atoms with Gasteiger partial charge in [0.1, 0.15) is 5.75 Å². The van der Waals surface area contributed by atoms with E-state index in [0.717, 1.165) is 24.0 Å². The molecule has 0 bridgehead atoms. The molecule has 1 aromatic rings. The second kappa shape index (κ2) is 7.01. The lowest BCUT2D eigenvalue weighted by Gasteiger charge is -2.32. The third-order valence-electron chi connectivity index (χ3n) is 4.30. The van der Waals surface area contributed by atoms with Gasteiger partial charge in [-0.15, -0.1) is 0 Å². The minimum absolute atomic E-state index is 0.278.